The Morgan fingerprint density at radius 1 is 1.15 bits per heavy atom. The lowest BCUT2D eigenvalue weighted by molar-refractivity contribution is 0.410. The monoisotopic (exact) mass is 271 g/mol. The van der Waals surface area contributed by atoms with E-state index in [9.17, 15) is 0 Å². The summed E-state index contributed by atoms with van der Waals surface area (Å²) in [7, 11) is 0. The zero-order valence-corrected chi connectivity index (χ0v) is 11.9. The van der Waals surface area contributed by atoms with Crippen molar-refractivity contribution in [2.75, 3.05) is 5.73 Å². The molecule has 1 saturated carbocycles. The highest BCUT2D eigenvalue weighted by molar-refractivity contribution is 5.73. The first-order valence-corrected chi connectivity index (χ1v) is 7.45. The summed E-state index contributed by atoms with van der Waals surface area (Å²) in [6, 6.07) is 5.83. The van der Waals surface area contributed by atoms with Crippen LogP contribution < -0.4 is 5.73 Å². The topological polar surface area (TPSA) is 64.9 Å². The van der Waals surface area contributed by atoms with Gasteiger partial charge in [0.15, 0.2) is 5.82 Å². The number of aryl methyl sites for hydroxylation is 1. The molecule has 1 fully saturated rings. The molecule has 1 aromatic carbocycles. The smallest absolute Gasteiger partial charge is 0.260 e. The van der Waals surface area contributed by atoms with Crippen molar-refractivity contribution in [2.24, 2.45) is 0 Å². The van der Waals surface area contributed by atoms with Crippen LogP contribution in [0.4, 0.5) is 5.69 Å². The molecule has 1 aliphatic rings. The normalized spacial score (nSPS) is 17.1. The molecule has 4 heteroatoms. The van der Waals surface area contributed by atoms with E-state index in [1.165, 1.54) is 38.5 Å². The number of benzene rings is 1. The minimum atomic E-state index is 0.445. The van der Waals surface area contributed by atoms with Gasteiger partial charge in [0.1, 0.15) is 0 Å². The molecule has 1 aromatic heterocycles. The van der Waals surface area contributed by atoms with Crippen molar-refractivity contribution >= 4 is 5.69 Å². The summed E-state index contributed by atoms with van der Waals surface area (Å²) in [5.74, 6) is 1.85. The van der Waals surface area contributed by atoms with E-state index in [1.54, 1.807) is 0 Å². The molecule has 20 heavy (non-hydrogen) atoms. The molecule has 0 spiro atoms. The summed E-state index contributed by atoms with van der Waals surface area (Å²) in [6.07, 6.45) is 7.52. The maximum Gasteiger partial charge on any atom is 0.260 e. The molecule has 0 saturated heterocycles. The fraction of sp³-hybridized carbons (Fsp3) is 0.500. The number of anilines is 1. The van der Waals surface area contributed by atoms with Crippen LogP contribution in [0.2, 0.25) is 0 Å². The molecule has 0 radical (unpaired) electrons. The molecule has 0 aliphatic heterocycles. The first kappa shape index (κ1) is 13.2. The molecule has 0 bridgehead atoms. The highest BCUT2D eigenvalue weighted by Crippen LogP contribution is 2.33. The summed E-state index contributed by atoms with van der Waals surface area (Å²) >= 11 is 0. The van der Waals surface area contributed by atoms with Gasteiger partial charge in [0, 0.05) is 11.6 Å². The molecule has 1 heterocycles. The van der Waals surface area contributed by atoms with Gasteiger partial charge in [-0.05, 0) is 31.4 Å². The first-order valence-electron chi connectivity index (χ1n) is 7.45. The lowest BCUT2D eigenvalue weighted by Gasteiger charge is -2.07. The van der Waals surface area contributed by atoms with Crippen molar-refractivity contribution in [1.29, 1.82) is 0 Å². The number of nitrogens with two attached hydrogens (primary N) is 1. The molecule has 3 rings (SSSR count). The first-order chi connectivity index (χ1) is 9.75. The Morgan fingerprint density at radius 3 is 2.60 bits per heavy atom. The Morgan fingerprint density at radius 2 is 1.90 bits per heavy atom. The van der Waals surface area contributed by atoms with E-state index in [0.29, 0.717) is 17.5 Å². The van der Waals surface area contributed by atoms with Crippen molar-refractivity contribution in [3.63, 3.8) is 0 Å². The summed E-state index contributed by atoms with van der Waals surface area (Å²) < 4.78 is 5.47. The third kappa shape index (κ3) is 2.55. The van der Waals surface area contributed by atoms with Crippen molar-refractivity contribution in [3.05, 3.63) is 29.6 Å². The Bertz CT molecular complexity index is 563. The molecule has 2 aromatic rings. The number of hydrogen-bond acceptors (Lipinski definition) is 4. The van der Waals surface area contributed by atoms with Crippen LogP contribution >= 0.6 is 0 Å². The second kappa shape index (κ2) is 5.65. The van der Waals surface area contributed by atoms with E-state index in [4.69, 9.17) is 10.3 Å². The lowest BCUT2D eigenvalue weighted by Crippen LogP contribution is -2.00. The third-order valence-electron chi connectivity index (χ3n) is 4.18. The standard InChI is InChI=1S/C16H21N3O/c1-11-7-6-10-13(17)14(11)16-18-15(19-20-16)12-8-4-2-3-5-9-12/h6-7,10,12H,2-5,8-9,17H2,1H3. The minimum Gasteiger partial charge on any atom is -0.398 e. The second-order valence-corrected chi connectivity index (χ2v) is 5.69. The summed E-state index contributed by atoms with van der Waals surface area (Å²) in [5, 5.41) is 4.20. The summed E-state index contributed by atoms with van der Waals surface area (Å²) in [6.45, 7) is 2.02. The molecule has 0 amide bonds. The van der Waals surface area contributed by atoms with Gasteiger partial charge in [-0.1, -0.05) is 43.0 Å². The number of hydrogen-bond donors (Lipinski definition) is 1. The van der Waals surface area contributed by atoms with Gasteiger partial charge in [-0.3, -0.25) is 0 Å². The number of aromatic nitrogens is 2. The fourth-order valence-corrected chi connectivity index (χ4v) is 3.02. The lowest BCUT2D eigenvalue weighted by atomic mass is 10.00. The van der Waals surface area contributed by atoms with E-state index < -0.39 is 0 Å². The summed E-state index contributed by atoms with van der Waals surface area (Å²) in [5.41, 5.74) is 8.68. The molecule has 2 N–H and O–H groups in total. The number of nitrogen functional groups attached to an aromatic ring is 1. The highest BCUT2D eigenvalue weighted by atomic mass is 16.5. The van der Waals surface area contributed by atoms with E-state index in [-0.39, 0.29) is 0 Å². The largest absolute Gasteiger partial charge is 0.398 e. The van der Waals surface area contributed by atoms with Crippen LogP contribution in [0.15, 0.2) is 22.7 Å². The Labute approximate surface area is 119 Å². The van der Waals surface area contributed by atoms with Crippen molar-refractivity contribution < 1.29 is 4.52 Å². The number of rotatable bonds is 2. The van der Waals surface area contributed by atoms with E-state index in [2.05, 4.69) is 10.1 Å². The van der Waals surface area contributed by atoms with Gasteiger partial charge in [0.2, 0.25) is 0 Å². The van der Waals surface area contributed by atoms with Crippen molar-refractivity contribution in [2.45, 2.75) is 51.4 Å². The average molecular weight is 271 g/mol. The molecule has 0 unspecified atom stereocenters. The van der Waals surface area contributed by atoms with Gasteiger partial charge in [0.25, 0.3) is 5.89 Å². The van der Waals surface area contributed by atoms with Crippen LogP contribution in [-0.4, -0.2) is 10.1 Å². The maximum absolute atomic E-state index is 6.04. The van der Waals surface area contributed by atoms with Crippen LogP contribution in [-0.2, 0) is 0 Å². The molecule has 1 aliphatic carbocycles. The SMILES string of the molecule is Cc1cccc(N)c1-c1nc(C2CCCCCC2)no1. The molecule has 106 valence electrons. The molecule has 0 atom stereocenters. The fourth-order valence-electron chi connectivity index (χ4n) is 3.02. The van der Waals surface area contributed by atoms with Crippen LogP contribution in [0.1, 0.15) is 55.8 Å². The van der Waals surface area contributed by atoms with Gasteiger partial charge >= 0.3 is 0 Å². The maximum atomic E-state index is 6.04. The predicted molar refractivity (Wildman–Crippen MR) is 79.3 cm³/mol. The zero-order chi connectivity index (χ0) is 13.9. The van der Waals surface area contributed by atoms with Crippen LogP contribution in [0.3, 0.4) is 0 Å². The average Bonchev–Trinajstić information content (AvgIpc) is 2.74. The molecule has 4 nitrogen and oxygen atoms in total. The van der Waals surface area contributed by atoms with E-state index in [0.717, 1.165) is 17.0 Å². The Kier molecular flexibility index (Phi) is 3.72. The van der Waals surface area contributed by atoms with Crippen LogP contribution in [0.25, 0.3) is 11.5 Å². The van der Waals surface area contributed by atoms with Gasteiger partial charge in [-0.2, -0.15) is 4.98 Å². The Balaban J connectivity index is 1.90. The summed E-state index contributed by atoms with van der Waals surface area (Å²) in [4.78, 5) is 4.61. The van der Waals surface area contributed by atoms with E-state index >= 15 is 0 Å². The predicted octanol–water partition coefficient (Wildman–Crippen LogP) is 4.07. The quantitative estimate of drug-likeness (QED) is 0.660. The van der Waals surface area contributed by atoms with Gasteiger partial charge < -0.3 is 10.3 Å². The van der Waals surface area contributed by atoms with E-state index in [1.807, 2.05) is 25.1 Å². The van der Waals surface area contributed by atoms with Gasteiger partial charge in [0.05, 0.1) is 5.56 Å². The van der Waals surface area contributed by atoms with Gasteiger partial charge in [-0.15, -0.1) is 0 Å². The molecular formula is C16H21N3O. The number of nitrogens with zero attached hydrogens (tertiary/aromatic N) is 2. The van der Waals surface area contributed by atoms with Crippen molar-refractivity contribution in [1.82, 2.24) is 10.1 Å². The van der Waals surface area contributed by atoms with Crippen LogP contribution in [0.5, 0.6) is 0 Å². The zero-order valence-electron chi connectivity index (χ0n) is 11.9. The highest BCUT2D eigenvalue weighted by Gasteiger charge is 2.21. The minimum absolute atomic E-state index is 0.445. The Hall–Kier alpha value is -1.84. The second-order valence-electron chi connectivity index (χ2n) is 5.69. The van der Waals surface area contributed by atoms with Crippen molar-refractivity contribution in [3.8, 4) is 11.5 Å². The van der Waals surface area contributed by atoms with Gasteiger partial charge in [-0.25, -0.2) is 0 Å². The van der Waals surface area contributed by atoms with Crippen LogP contribution in [0, 0.1) is 6.92 Å². The third-order valence-corrected chi connectivity index (χ3v) is 4.18. The molecular weight excluding hydrogens is 250 g/mol.